The summed E-state index contributed by atoms with van der Waals surface area (Å²) in [6.07, 6.45) is 7.93. The molecule has 1 amide bonds. The molecule has 27 heavy (non-hydrogen) atoms. The van der Waals surface area contributed by atoms with Gasteiger partial charge in [-0.15, -0.1) is 11.3 Å². The molecule has 0 unspecified atom stereocenters. The normalized spacial score (nSPS) is 14.4. The van der Waals surface area contributed by atoms with Gasteiger partial charge in [0, 0.05) is 27.8 Å². The van der Waals surface area contributed by atoms with Crippen LogP contribution in [0.2, 0.25) is 0 Å². The summed E-state index contributed by atoms with van der Waals surface area (Å²) in [7, 11) is 0. The highest BCUT2D eigenvalue weighted by atomic mass is 79.9. The average Bonchev–Trinajstić information content (AvgIpc) is 2.97. The number of amides is 1. The summed E-state index contributed by atoms with van der Waals surface area (Å²) in [4.78, 5) is 32.0. The van der Waals surface area contributed by atoms with Crippen LogP contribution in [0.3, 0.4) is 0 Å². The van der Waals surface area contributed by atoms with Crippen LogP contribution in [0, 0.1) is 0 Å². The average molecular weight is 446 g/mol. The van der Waals surface area contributed by atoms with E-state index >= 15 is 0 Å². The predicted molar refractivity (Wildman–Crippen MR) is 111 cm³/mol. The van der Waals surface area contributed by atoms with Crippen LogP contribution >= 0.6 is 27.3 Å². The van der Waals surface area contributed by atoms with Crippen LogP contribution < -0.4 is 10.9 Å². The van der Waals surface area contributed by atoms with Crippen LogP contribution in [0.5, 0.6) is 0 Å². The zero-order chi connectivity index (χ0) is 18.8. The van der Waals surface area contributed by atoms with Crippen molar-refractivity contribution in [2.45, 2.75) is 45.1 Å². The van der Waals surface area contributed by atoms with Crippen molar-refractivity contribution in [3.8, 4) is 0 Å². The van der Waals surface area contributed by atoms with Crippen molar-refractivity contribution < 1.29 is 4.79 Å². The number of thiazole rings is 1. The maximum Gasteiger partial charge on any atom is 0.271 e. The van der Waals surface area contributed by atoms with Gasteiger partial charge in [0.05, 0.1) is 0 Å². The number of aromatic nitrogens is 2. The second kappa shape index (κ2) is 7.94. The largest absolute Gasteiger partial charge is 0.348 e. The molecule has 1 aliphatic carbocycles. The summed E-state index contributed by atoms with van der Waals surface area (Å²) < 4.78 is 2.62. The number of rotatable bonds is 3. The standard InChI is InChI=1S/C20H20BrN3O2S/c21-14-7-5-6-13(10-14)11-22-18(25)15-12-23-20-24(19(15)26)16-8-3-1-2-4-9-17(16)27-20/h5-7,10,12H,1-4,8-9,11H2,(H,22,25). The zero-order valence-electron chi connectivity index (χ0n) is 14.8. The fourth-order valence-corrected chi connectivity index (χ4v) is 5.12. The highest BCUT2D eigenvalue weighted by Crippen LogP contribution is 2.27. The molecule has 0 saturated heterocycles. The molecule has 140 valence electrons. The molecule has 0 spiro atoms. The highest BCUT2D eigenvalue weighted by molar-refractivity contribution is 9.10. The smallest absolute Gasteiger partial charge is 0.271 e. The number of carbonyl (C=O) groups is 1. The minimum absolute atomic E-state index is 0.102. The molecule has 0 aliphatic heterocycles. The maximum atomic E-state index is 13.0. The first-order valence-corrected chi connectivity index (χ1v) is 10.8. The van der Waals surface area contributed by atoms with Gasteiger partial charge in [0.1, 0.15) is 5.56 Å². The van der Waals surface area contributed by atoms with Gasteiger partial charge in [0.15, 0.2) is 4.96 Å². The second-order valence-electron chi connectivity index (χ2n) is 6.79. The number of benzene rings is 1. The van der Waals surface area contributed by atoms with Gasteiger partial charge in [-0.25, -0.2) is 4.98 Å². The fourth-order valence-electron chi connectivity index (χ4n) is 3.50. The summed E-state index contributed by atoms with van der Waals surface area (Å²) in [5, 5.41) is 2.83. The summed E-state index contributed by atoms with van der Waals surface area (Å²) in [5.74, 6) is -0.382. The van der Waals surface area contributed by atoms with Crippen molar-refractivity contribution in [2.75, 3.05) is 0 Å². The topological polar surface area (TPSA) is 63.5 Å². The van der Waals surface area contributed by atoms with E-state index in [1.54, 1.807) is 15.7 Å². The molecule has 3 aromatic rings. The number of fused-ring (bicyclic) bond motifs is 3. The summed E-state index contributed by atoms with van der Waals surface area (Å²) in [6, 6.07) is 7.72. The monoisotopic (exact) mass is 445 g/mol. The quantitative estimate of drug-likeness (QED) is 0.659. The van der Waals surface area contributed by atoms with Gasteiger partial charge in [-0.2, -0.15) is 0 Å². The Hall–Kier alpha value is -1.99. The van der Waals surface area contributed by atoms with E-state index in [-0.39, 0.29) is 17.0 Å². The molecular weight excluding hydrogens is 426 g/mol. The van der Waals surface area contributed by atoms with E-state index in [1.165, 1.54) is 23.9 Å². The minimum atomic E-state index is -0.382. The minimum Gasteiger partial charge on any atom is -0.348 e. The van der Waals surface area contributed by atoms with Crippen molar-refractivity contribution in [3.05, 3.63) is 67.0 Å². The van der Waals surface area contributed by atoms with Crippen LogP contribution in [0.1, 0.15) is 52.2 Å². The van der Waals surface area contributed by atoms with Gasteiger partial charge in [0.2, 0.25) is 0 Å². The molecule has 5 nitrogen and oxygen atoms in total. The molecule has 0 radical (unpaired) electrons. The number of carbonyl (C=O) groups excluding carboxylic acids is 1. The van der Waals surface area contributed by atoms with E-state index in [2.05, 4.69) is 26.2 Å². The first-order valence-electron chi connectivity index (χ1n) is 9.18. The molecule has 0 fully saturated rings. The van der Waals surface area contributed by atoms with Crippen molar-refractivity contribution >= 4 is 38.1 Å². The van der Waals surface area contributed by atoms with E-state index in [0.29, 0.717) is 11.5 Å². The number of nitrogens with one attached hydrogen (secondary N) is 1. The van der Waals surface area contributed by atoms with Crippen LogP contribution in [-0.2, 0) is 19.4 Å². The van der Waals surface area contributed by atoms with Crippen LogP contribution in [0.4, 0.5) is 0 Å². The highest BCUT2D eigenvalue weighted by Gasteiger charge is 2.20. The predicted octanol–water partition coefficient (Wildman–Crippen LogP) is 4.11. The Morgan fingerprint density at radius 2 is 2.04 bits per heavy atom. The van der Waals surface area contributed by atoms with Crippen LogP contribution in [0.15, 0.2) is 39.7 Å². The SMILES string of the molecule is O=C(NCc1cccc(Br)c1)c1cnc2sc3c(n2c1=O)CCCCCC3. The number of aryl methyl sites for hydroxylation is 2. The lowest BCUT2D eigenvalue weighted by atomic mass is 10.0. The van der Waals surface area contributed by atoms with Gasteiger partial charge in [0.25, 0.3) is 11.5 Å². The van der Waals surface area contributed by atoms with E-state index in [9.17, 15) is 9.59 Å². The Kier molecular flexibility index (Phi) is 5.41. The van der Waals surface area contributed by atoms with Crippen molar-refractivity contribution in [1.29, 1.82) is 0 Å². The number of halogens is 1. The Bertz CT molecular complexity index is 1060. The molecule has 1 N–H and O–H groups in total. The summed E-state index contributed by atoms with van der Waals surface area (Å²) >= 11 is 5.00. The lowest BCUT2D eigenvalue weighted by Crippen LogP contribution is -2.31. The Balaban J connectivity index is 1.63. The Morgan fingerprint density at radius 1 is 1.22 bits per heavy atom. The Morgan fingerprint density at radius 3 is 2.85 bits per heavy atom. The van der Waals surface area contributed by atoms with E-state index in [4.69, 9.17) is 0 Å². The van der Waals surface area contributed by atoms with Crippen molar-refractivity contribution in [3.63, 3.8) is 0 Å². The lowest BCUT2D eigenvalue weighted by Gasteiger charge is -2.10. The lowest BCUT2D eigenvalue weighted by molar-refractivity contribution is 0.0949. The number of nitrogens with zero attached hydrogens (tertiary/aromatic N) is 2. The maximum absolute atomic E-state index is 13.0. The van der Waals surface area contributed by atoms with E-state index in [1.807, 2.05) is 24.3 Å². The molecule has 7 heteroatoms. The molecule has 1 aromatic carbocycles. The fraction of sp³-hybridized carbons (Fsp3) is 0.350. The van der Waals surface area contributed by atoms with Gasteiger partial charge in [-0.05, 0) is 43.4 Å². The molecule has 0 atom stereocenters. The molecule has 0 saturated carbocycles. The third-order valence-corrected chi connectivity index (χ3v) is 6.54. The first-order chi connectivity index (χ1) is 13.1. The first kappa shape index (κ1) is 18.4. The summed E-state index contributed by atoms with van der Waals surface area (Å²) in [5.41, 5.74) is 1.86. The summed E-state index contributed by atoms with van der Waals surface area (Å²) in [6.45, 7) is 0.363. The van der Waals surface area contributed by atoms with Gasteiger partial charge >= 0.3 is 0 Å². The molecule has 4 rings (SSSR count). The Labute approximate surface area is 169 Å². The number of hydrogen-bond donors (Lipinski definition) is 1. The third-order valence-electron chi connectivity index (χ3n) is 4.89. The van der Waals surface area contributed by atoms with E-state index in [0.717, 1.165) is 41.4 Å². The van der Waals surface area contributed by atoms with Gasteiger partial charge in [-0.1, -0.05) is 40.9 Å². The molecule has 2 aromatic heterocycles. The third kappa shape index (κ3) is 3.84. The van der Waals surface area contributed by atoms with Gasteiger partial charge in [-0.3, -0.25) is 14.0 Å². The second-order valence-corrected chi connectivity index (χ2v) is 8.77. The van der Waals surface area contributed by atoms with Crippen molar-refractivity contribution in [2.24, 2.45) is 0 Å². The van der Waals surface area contributed by atoms with Crippen LogP contribution in [0.25, 0.3) is 4.96 Å². The van der Waals surface area contributed by atoms with Gasteiger partial charge < -0.3 is 5.32 Å². The zero-order valence-corrected chi connectivity index (χ0v) is 17.2. The molecular formula is C20H20BrN3O2S. The number of hydrogen-bond acceptors (Lipinski definition) is 4. The molecule has 0 bridgehead atoms. The molecule has 2 heterocycles. The molecule has 1 aliphatic rings. The van der Waals surface area contributed by atoms with Crippen molar-refractivity contribution in [1.82, 2.24) is 14.7 Å². The van der Waals surface area contributed by atoms with E-state index < -0.39 is 0 Å². The van der Waals surface area contributed by atoms with Crippen LogP contribution in [-0.4, -0.2) is 15.3 Å².